The normalized spacial score (nSPS) is 26.4. The van der Waals surface area contributed by atoms with Gasteiger partial charge in [-0.05, 0) is 31.6 Å². The molecule has 1 aliphatic rings. The van der Waals surface area contributed by atoms with Crippen LogP contribution in [0.5, 0.6) is 0 Å². The van der Waals surface area contributed by atoms with Crippen LogP contribution in [0, 0.1) is 0 Å². The Kier molecular flexibility index (Phi) is 6.17. The van der Waals surface area contributed by atoms with Crippen molar-refractivity contribution in [2.45, 2.75) is 57.1 Å². The van der Waals surface area contributed by atoms with Crippen molar-refractivity contribution in [1.82, 2.24) is 10.3 Å². The average Bonchev–Trinajstić information content (AvgIpc) is 2.98. The smallest absolute Gasteiger partial charge is 0.113 e. The summed E-state index contributed by atoms with van der Waals surface area (Å²) in [5.41, 5.74) is 1.15. The SMILES string of the molecule is COCCNC1(c2nc(C(C)C)cs2)CCCC(OC)C1. The number of nitrogens with one attached hydrogen (secondary N) is 1. The fourth-order valence-electron chi connectivity index (χ4n) is 3.02. The van der Waals surface area contributed by atoms with E-state index in [-0.39, 0.29) is 5.54 Å². The Morgan fingerprint density at radius 3 is 2.90 bits per heavy atom. The summed E-state index contributed by atoms with van der Waals surface area (Å²) in [7, 11) is 3.56. The van der Waals surface area contributed by atoms with E-state index in [0.717, 1.165) is 32.4 Å². The molecule has 1 N–H and O–H groups in total. The van der Waals surface area contributed by atoms with Gasteiger partial charge in [-0.1, -0.05) is 13.8 Å². The molecule has 4 nitrogen and oxygen atoms in total. The Bertz CT molecular complexity index is 436. The van der Waals surface area contributed by atoms with Gasteiger partial charge in [0.25, 0.3) is 0 Å². The van der Waals surface area contributed by atoms with Gasteiger partial charge in [0.2, 0.25) is 0 Å². The lowest BCUT2D eigenvalue weighted by Crippen LogP contribution is -2.48. The zero-order chi connectivity index (χ0) is 15.3. The highest BCUT2D eigenvalue weighted by atomic mass is 32.1. The standard InChI is InChI=1S/C16H28N2O2S/c1-12(2)14-11-21-15(18-14)16(17-8-9-19-3)7-5-6-13(10-16)20-4/h11-13,17H,5-10H2,1-4H3. The van der Waals surface area contributed by atoms with E-state index < -0.39 is 0 Å². The van der Waals surface area contributed by atoms with Crippen molar-refractivity contribution in [3.8, 4) is 0 Å². The quantitative estimate of drug-likeness (QED) is 0.785. The maximum Gasteiger partial charge on any atom is 0.113 e. The van der Waals surface area contributed by atoms with Gasteiger partial charge in [0.1, 0.15) is 5.01 Å². The summed E-state index contributed by atoms with van der Waals surface area (Å²) in [6.07, 6.45) is 4.77. The Morgan fingerprint density at radius 1 is 1.48 bits per heavy atom. The fourth-order valence-corrected chi connectivity index (χ4v) is 4.22. The van der Waals surface area contributed by atoms with E-state index in [1.54, 1.807) is 18.4 Å². The first-order chi connectivity index (χ1) is 10.1. The second-order valence-electron chi connectivity index (χ2n) is 6.19. The molecular weight excluding hydrogens is 284 g/mol. The molecule has 0 spiro atoms. The third kappa shape index (κ3) is 4.03. The minimum atomic E-state index is -0.0464. The van der Waals surface area contributed by atoms with E-state index in [1.807, 2.05) is 7.11 Å². The van der Waals surface area contributed by atoms with Gasteiger partial charge in [-0.3, -0.25) is 0 Å². The number of aromatic nitrogens is 1. The van der Waals surface area contributed by atoms with E-state index in [9.17, 15) is 0 Å². The Labute approximate surface area is 132 Å². The molecule has 0 aliphatic heterocycles. The molecule has 1 fully saturated rings. The predicted molar refractivity (Wildman–Crippen MR) is 87.0 cm³/mol. The van der Waals surface area contributed by atoms with Crippen molar-refractivity contribution in [2.75, 3.05) is 27.4 Å². The van der Waals surface area contributed by atoms with Crippen molar-refractivity contribution < 1.29 is 9.47 Å². The lowest BCUT2D eigenvalue weighted by Gasteiger charge is -2.40. The Balaban J connectivity index is 2.21. The molecule has 0 amide bonds. The van der Waals surface area contributed by atoms with E-state index >= 15 is 0 Å². The predicted octanol–water partition coefficient (Wildman–Crippen LogP) is 3.29. The molecule has 2 rings (SSSR count). The lowest BCUT2D eigenvalue weighted by molar-refractivity contribution is 0.0268. The molecule has 5 heteroatoms. The lowest BCUT2D eigenvalue weighted by atomic mass is 9.80. The number of methoxy groups -OCH3 is 2. The van der Waals surface area contributed by atoms with Crippen LogP contribution in [0.4, 0.5) is 0 Å². The van der Waals surface area contributed by atoms with E-state index in [4.69, 9.17) is 14.5 Å². The van der Waals surface area contributed by atoms with Crippen molar-refractivity contribution in [2.24, 2.45) is 0 Å². The fraction of sp³-hybridized carbons (Fsp3) is 0.812. The molecule has 1 aromatic heterocycles. The number of thiazole rings is 1. The molecule has 1 heterocycles. The van der Waals surface area contributed by atoms with Crippen LogP contribution in [0.2, 0.25) is 0 Å². The largest absolute Gasteiger partial charge is 0.383 e. The average molecular weight is 312 g/mol. The molecule has 1 saturated carbocycles. The van der Waals surface area contributed by atoms with Crippen molar-refractivity contribution in [3.05, 3.63) is 16.1 Å². The topological polar surface area (TPSA) is 43.4 Å². The zero-order valence-corrected chi connectivity index (χ0v) is 14.5. The van der Waals surface area contributed by atoms with Gasteiger partial charge in [-0.25, -0.2) is 4.98 Å². The summed E-state index contributed by atoms with van der Waals surface area (Å²) in [4.78, 5) is 4.91. The van der Waals surface area contributed by atoms with E-state index in [2.05, 4.69) is 24.5 Å². The minimum Gasteiger partial charge on any atom is -0.383 e. The van der Waals surface area contributed by atoms with E-state index in [0.29, 0.717) is 12.0 Å². The second kappa shape index (κ2) is 7.68. The van der Waals surface area contributed by atoms with Crippen molar-refractivity contribution in [1.29, 1.82) is 0 Å². The van der Waals surface area contributed by atoms with Crippen LogP contribution in [0.15, 0.2) is 5.38 Å². The first-order valence-electron chi connectivity index (χ1n) is 7.84. The Hall–Kier alpha value is -0.490. The highest BCUT2D eigenvalue weighted by molar-refractivity contribution is 7.09. The summed E-state index contributed by atoms with van der Waals surface area (Å²) in [6.45, 7) is 5.97. The van der Waals surface area contributed by atoms with Crippen LogP contribution in [-0.4, -0.2) is 38.5 Å². The highest BCUT2D eigenvalue weighted by Gasteiger charge is 2.40. The summed E-state index contributed by atoms with van der Waals surface area (Å²) in [5.74, 6) is 0.479. The van der Waals surface area contributed by atoms with Gasteiger partial charge in [-0.2, -0.15) is 0 Å². The third-order valence-electron chi connectivity index (χ3n) is 4.33. The van der Waals surface area contributed by atoms with E-state index in [1.165, 1.54) is 17.1 Å². The molecule has 21 heavy (non-hydrogen) atoms. The summed E-state index contributed by atoms with van der Waals surface area (Å²) in [5, 5.41) is 7.13. The third-order valence-corrected chi connectivity index (χ3v) is 5.40. The molecule has 0 aromatic carbocycles. The minimum absolute atomic E-state index is 0.0464. The molecule has 2 unspecified atom stereocenters. The molecule has 0 bridgehead atoms. The number of nitrogens with zero attached hydrogens (tertiary/aromatic N) is 1. The van der Waals surface area contributed by atoms with Gasteiger partial charge >= 0.3 is 0 Å². The number of ether oxygens (including phenoxy) is 2. The molecule has 120 valence electrons. The molecule has 2 atom stereocenters. The van der Waals surface area contributed by atoms with Gasteiger partial charge in [-0.15, -0.1) is 11.3 Å². The summed E-state index contributed by atoms with van der Waals surface area (Å²) >= 11 is 1.78. The van der Waals surface area contributed by atoms with Crippen LogP contribution in [0.1, 0.15) is 56.2 Å². The summed E-state index contributed by atoms with van der Waals surface area (Å²) in [6, 6.07) is 0. The van der Waals surface area contributed by atoms with Crippen molar-refractivity contribution >= 4 is 11.3 Å². The maximum absolute atomic E-state index is 5.63. The monoisotopic (exact) mass is 312 g/mol. The molecule has 1 aromatic rings. The molecular formula is C16H28N2O2S. The van der Waals surface area contributed by atoms with Gasteiger partial charge in [0, 0.05) is 26.1 Å². The van der Waals surface area contributed by atoms with Crippen LogP contribution in [0.25, 0.3) is 0 Å². The number of rotatable bonds is 7. The van der Waals surface area contributed by atoms with Crippen molar-refractivity contribution in [3.63, 3.8) is 0 Å². The van der Waals surface area contributed by atoms with Crippen LogP contribution in [0.3, 0.4) is 0 Å². The first-order valence-corrected chi connectivity index (χ1v) is 8.72. The van der Waals surface area contributed by atoms with Gasteiger partial charge < -0.3 is 14.8 Å². The second-order valence-corrected chi connectivity index (χ2v) is 7.05. The number of hydrogen-bond donors (Lipinski definition) is 1. The summed E-state index contributed by atoms with van der Waals surface area (Å²) < 4.78 is 10.8. The maximum atomic E-state index is 5.63. The number of hydrogen-bond acceptors (Lipinski definition) is 5. The van der Waals surface area contributed by atoms with Crippen LogP contribution < -0.4 is 5.32 Å². The molecule has 0 radical (unpaired) electrons. The molecule has 0 saturated heterocycles. The van der Waals surface area contributed by atoms with Crippen LogP contribution >= 0.6 is 11.3 Å². The van der Waals surface area contributed by atoms with Gasteiger partial charge in [0.05, 0.1) is 23.9 Å². The van der Waals surface area contributed by atoms with Gasteiger partial charge in [0.15, 0.2) is 0 Å². The highest BCUT2D eigenvalue weighted by Crippen LogP contribution is 2.40. The Morgan fingerprint density at radius 2 is 2.29 bits per heavy atom. The van der Waals surface area contributed by atoms with Crippen LogP contribution in [-0.2, 0) is 15.0 Å². The molecule has 1 aliphatic carbocycles. The first kappa shape index (κ1) is 16.9. The zero-order valence-electron chi connectivity index (χ0n) is 13.6.